The Kier molecular flexibility index (Phi) is 5.69. The van der Waals surface area contributed by atoms with Gasteiger partial charge in [0, 0.05) is 12.2 Å². The van der Waals surface area contributed by atoms with Gasteiger partial charge in [0.15, 0.2) is 0 Å². The summed E-state index contributed by atoms with van der Waals surface area (Å²) < 4.78 is 13.1. The Morgan fingerprint density at radius 2 is 1.90 bits per heavy atom. The van der Waals surface area contributed by atoms with E-state index in [1.807, 2.05) is 0 Å². The van der Waals surface area contributed by atoms with Crippen molar-refractivity contribution in [2.75, 3.05) is 11.9 Å². The molecule has 21 heavy (non-hydrogen) atoms. The zero-order valence-corrected chi connectivity index (χ0v) is 12.5. The number of halogens is 1. The average Bonchev–Trinajstić information content (AvgIpc) is 2.44. The Balaban J connectivity index is 2.65. The highest BCUT2D eigenvalue weighted by Crippen LogP contribution is 2.25. The van der Waals surface area contributed by atoms with Crippen molar-refractivity contribution >= 4 is 17.7 Å². The summed E-state index contributed by atoms with van der Waals surface area (Å²) in [6.45, 7) is 5.20. The number of carboxylic acid groups (broad SMARTS) is 1. The van der Waals surface area contributed by atoms with E-state index in [2.05, 4.69) is 10.6 Å². The number of benzene rings is 1. The molecule has 0 saturated heterocycles. The van der Waals surface area contributed by atoms with E-state index < -0.39 is 17.4 Å². The van der Waals surface area contributed by atoms with Gasteiger partial charge in [-0.15, -0.1) is 0 Å². The predicted octanol–water partition coefficient (Wildman–Crippen LogP) is 3.15. The number of hydrogen-bond acceptors (Lipinski definition) is 2. The van der Waals surface area contributed by atoms with E-state index in [0.29, 0.717) is 24.1 Å². The number of carbonyl (C=O) groups is 2. The van der Waals surface area contributed by atoms with Crippen molar-refractivity contribution in [3.8, 4) is 0 Å². The Bertz CT molecular complexity index is 528. The third-order valence-corrected chi connectivity index (χ3v) is 3.81. The highest BCUT2D eigenvalue weighted by molar-refractivity contribution is 5.89. The lowest BCUT2D eigenvalue weighted by Gasteiger charge is -2.26. The molecule has 0 aliphatic rings. The van der Waals surface area contributed by atoms with E-state index in [1.165, 1.54) is 18.2 Å². The van der Waals surface area contributed by atoms with Crippen LogP contribution in [0.2, 0.25) is 0 Å². The van der Waals surface area contributed by atoms with Crippen molar-refractivity contribution < 1.29 is 19.1 Å². The van der Waals surface area contributed by atoms with Crippen LogP contribution < -0.4 is 10.6 Å². The fraction of sp³-hybridized carbons (Fsp3) is 0.467. The summed E-state index contributed by atoms with van der Waals surface area (Å²) in [5.41, 5.74) is -0.0779. The van der Waals surface area contributed by atoms with Gasteiger partial charge < -0.3 is 15.7 Å². The molecule has 0 radical (unpaired) electrons. The number of urea groups is 1. The van der Waals surface area contributed by atoms with Crippen LogP contribution in [0.25, 0.3) is 0 Å². The van der Waals surface area contributed by atoms with Gasteiger partial charge in [-0.2, -0.15) is 0 Å². The van der Waals surface area contributed by atoms with Crippen LogP contribution in [0.5, 0.6) is 0 Å². The van der Waals surface area contributed by atoms with E-state index >= 15 is 0 Å². The van der Waals surface area contributed by atoms with Crippen LogP contribution in [0.4, 0.5) is 14.9 Å². The van der Waals surface area contributed by atoms with Crippen molar-refractivity contribution in [1.29, 1.82) is 0 Å². The van der Waals surface area contributed by atoms with Gasteiger partial charge in [0.2, 0.25) is 0 Å². The lowest BCUT2D eigenvalue weighted by atomic mass is 9.82. The Morgan fingerprint density at radius 3 is 2.38 bits per heavy atom. The summed E-state index contributed by atoms with van der Waals surface area (Å²) in [5.74, 6) is -1.27. The van der Waals surface area contributed by atoms with Gasteiger partial charge in [0.25, 0.3) is 0 Å². The largest absolute Gasteiger partial charge is 0.481 e. The second-order valence-corrected chi connectivity index (χ2v) is 5.06. The fourth-order valence-electron chi connectivity index (χ4n) is 2.03. The lowest BCUT2D eigenvalue weighted by Crippen LogP contribution is -2.43. The normalized spacial score (nSPS) is 11.0. The fourth-order valence-corrected chi connectivity index (χ4v) is 2.03. The standard InChI is InChI=1S/C15H21FN2O3/c1-4-15(5-2,13(19)20)9-17-14(21)18-11-6-7-12(16)10(3)8-11/h6-8H,4-5,9H2,1-3H3,(H,19,20)(H2,17,18,21). The molecule has 0 spiro atoms. The van der Waals surface area contributed by atoms with Crippen molar-refractivity contribution in [2.45, 2.75) is 33.6 Å². The molecule has 0 atom stereocenters. The van der Waals surface area contributed by atoms with Crippen LogP contribution in [0, 0.1) is 18.2 Å². The van der Waals surface area contributed by atoms with Crippen molar-refractivity contribution in [3.63, 3.8) is 0 Å². The van der Waals surface area contributed by atoms with Gasteiger partial charge in [-0.05, 0) is 43.5 Å². The molecule has 6 heteroatoms. The summed E-state index contributed by atoms with van der Waals surface area (Å²) in [6.07, 6.45) is 0.851. The van der Waals surface area contributed by atoms with Gasteiger partial charge in [0.05, 0.1) is 5.41 Å². The first-order valence-electron chi connectivity index (χ1n) is 6.89. The molecule has 0 heterocycles. The Labute approximate surface area is 123 Å². The molecule has 116 valence electrons. The van der Waals surface area contributed by atoms with E-state index in [-0.39, 0.29) is 12.4 Å². The monoisotopic (exact) mass is 296 g/mol. The van der Waals surface area contributed by atoms with Crippen molar-refractivity contribution in [2.24, 2.45) is 5.41 Å². The van der Waals surface area contributed by atoms with E-state index in [1.54, 1.807) is 20.8 Å². The molecule has 1 rings (SSSR count). The third kappa shape index (κ3) is 4.18. The molecule has 0 aromatic heterocycles. The molecule has 0 fully saturated rings. The molecule has 0 saturated carbocycles. The Morgan fingerprint density at radius 1 is 1.29 bits per heavy atom. The number of aryl methyl sites for hydroxylation is 1. The molecular formula is C15H21FN2O3. The summed E-state index contributed by atoms with van der Waals surface area (Å²) in [6, 6.07) is 3.73. The van der Waals surface area contributed by atoms with Gasteiger partial charge >= 0.3 is 12.0 Å². The smallest absolute Gasteiger partial charge is 0.319 e. The maximum absolute atomic E-state index is 13.1. The molecule has 3 N–H and O–H groups in total. The summed E-state index contributed by atoms with van der Waals surface area (Å²) in [4.78, 5) is 23.1. The summed E-state index contributed by atoms with van der Waals surface area (Å²) in [7, 11) is 0. The number of amides is 2. The van der Waals surface area contributed by atoms with Gasteiger partial charge in [-0.3, -0.25) is 4.79 Å². The number of rotatable bonds is 6. The highest BCUT2D eigenvalue weighted by Gasteiger charge is 2.35. The van der Waals surface area contributed by atoms with Crippen LogP contribution in [0.15, 0.2) is 18.2 Å². The first kappa shape index (κ1) is 16.9. The van der Waals surface area contributed by atoms with E-state index in [9.17, 15) is 19.1 Å². The maximum atomic E-state index is 13.1. The summed E-state index contributed by atoms with van der Waals surface area (Å²) in [5, 5.41) is 14.4. The van der Waals surface area contributed by atoms with Crippen LogP contribution in [-0.2, 0) is 4.79 Å². The zero-order valence-electron chi connectivity index (χ0n) is 12.5. The number of anilines is 1. The lowest BCUT2D eigenvalue weighted by molar-refractivity contribution is -0.149. The molecule has 0 aliphatic carbocycles. The van der Waals surface area contributed by atoms with Crippen molar-refractivity contribution in [1.82, 2.24) is 5.32 Å². The minimum Gasteiger partial charge on any atom is -0.481 e. The number of aliphatic carboxylic acids is 1. The molecule has 0 aliphatic heterocycles. The SMILES string of the molecule is CCC(CC)(CNC(=O)Nc1ccc(F)c(C)c1)C(=O)O. The molecule has 1 aromatic carbocycles. The first-order valence-corrected chi connectivity index (χ1v) is 6.89. The Hall–Kier alpha value is -2.11. The number of hydrogen-bond donors (Lipinski definition) is 3. The molecule has 2 amide bonds. The van der Waals surface area contributed by atoms with E-state index in [4.69, 9.17) is 0 Å². The minimum atomic E-state index is -0.962. The zero-order chi connectivity index (χ0) is 16.0. The summed E-state index contributed by atoms with van der Waals surface area (Å²) >= 11 is 0. The maximum Gasteiger partial charge on any atom is 0.319 e. The molecular weight excluding hydrogens is 275 g/mol. The van der Waals surface area contributed by atoms with Crippen LogP contribution >= 0.6 is 0 Å². The third-order valence-electron chi connectivity index (χ3n) is 3.81. The van der Waals surface area contributed by atoms with Gasteiger partial charge in [0.1, 0.15) is 5.82 Å². The van der Waals surface area contributed by atoms with Crippen LogP contribution in [-0.4, -0.2) is 23.7 Å². The average molecular weight is 296 g/mol. The van der Waals surface area contributed by atoms with Crippen LogP contribution in [0.3, 0.4) is 0 Å². The second-order valence-electron chi connectivity index (χ2n) is 5.06. The molecule has 5 nitrogen and oxygen atoms in total. The van der Waals surface area contributed by atoms with Gasteiger partial charge in [-0.25, -0.2) is 9.18 Å². The van der Waals surface area contributed by atoms with Crippen LogP contribution in [0.1, 0.15) is 32.3 Å². The van der Waals surface area contributed by atoms with Crippen molar-refractivity contribution in [3.05, 3.63) is 29.6 Å². The van der Waals surface area contributed by atoms with E-state index in [0.717, 1.165) is 0 Å². The quantitative estimate of drug-likeness (QED) is 0.754. The number of carbonyl (C=O) groups excluding carboxylic acids is 1. The number of carboxylic acids is 1. The first-order chi connectivity index (χ1) is 9.84. The number of nitrogens with one attached hydrogen (secondary N) is 2. The highest BCUT2D eigenvalue weighted by atomic mass is 19.1. The molecule has 0 bridgehead atoms. The van der Waals surface area contributed by atoms with Gasteiger partial charge in [-0.1, -0.05) is 13.8 Å². The predicted molar refractivity (Wildman–Crippen MR) is 78.8 cm³/mol. The molecule has 1 aromatic rings. The molecule has 0 unspecified atom stereocenters. The second kappa shape index (κ2) is 7.06. The topological polar surface area (TPSA) is 78.4 Å². The minimum absolute atomic E-state index is 0.0430.